The fraction of sp³-hybridized carbons (Fsp3) is 0.529. The monoisotopic (exact) mass is 294 g/mol. The first kappa shape index (κ1) is 3.23. The van der Waals surface area contributed by atoms with Crippen molar-refractivity contribution in [1.82, 2.24) is 5.31 Å². The average molecular weight is 295 g/mol. The maximum absolute atomic E-state index is 8.81. The van der Waals surface area contributed by atoms with Crippen LogP contribution in [0, 0.1) is 0 Å². The number of allylic oxidation sites excluding steroid dienone is 1. The molecule has 2 aliphatic rings. The zero-order valence-electron chi connectivity index (χ0n) is 31.0. The smallest absolute Gasteiger partial charge is 0.161 e. The van der Waals surface area contributed by atoms with Gasteiger partial charge in [-0.05, 0) is 49.5 Å². The highest BCUT2D eigenvalue weighted by Crippen LogP contribution is 2.36. The van der Waals surface area contributed by atoms with Crippen molar-refractivity contribution in [2.75, 3.05) is 13.5 Å². The number of ether oxygens (including phenoxy) is 2. The summed E-state index contributed by atoms with van der Waals surface area (Å²) in [7, 11) is -3.53. The van der Waals surface area contributed by atoms with Gasteiger partial charge in [0.05, 0.1) is 22.7 Å². The molecule has 0 radical (unpaired) electrons. The predicted molar refractivity (Wildman–Crippen MR) is 80.4 cm³/mol. The molecule has 3 heteroatoms. The van der Waals surface area contributed by atoms with Crippen LogP contribution in [0.3, 0.4) is 0 Å². The average Bonchev–Trinajstić information content (AvgIpc) is 2.92. The number of methoxy groups -OCH3 is 1. The van der Waals surface area contributed by atoms with Gasteiger partial charge in [-0.3, -0.25) is 0 Å². The van der Waals surface area contributed by atoms with E-state index >= 15 is 0 Å². The van der Waals surface area contributed by atoms with Crippen LogP contribution >= 0.6 is 0 Å². The molecule has 1 heterocycles. The summed E-state index contributed by atoms with van der Waals surface area (Å²) in [6, 6.07) is -4.37. The first-order valence-electron chi connectivity index (χ1n) is 15.8. The molecular weight excluding hydrogens is 250 g/mol. The van der Waals surface area contributed by atoms with Crippen LogP contribution in [0.2, 0.25) is 1.41 Å². The van der Waals surface area contributed by atoms with Crippen LogP contribution in [0.4, 0.5) is 0 Å². The third kappa shape index (κ3) is 2.77. The van der Waals surface area contributed by atoms with Crippen molar-refractivity contribution in [1.29, 1.82) is 0 Å². The van der Waals surface area contributed by atoms with E-state index in [1.54, 1.807) is 0 Å². The van der Waals surface area contributed by atoms with Crippen LogP contribution in [-0.2, 0) is 0 Å². The molecule has 1 saturated carbocycles. The lowest BCUT2D eigenvalue weighted by molar-refractivity contribution is 0.200. The van der Waals surface area contributed by atoms with Crippen molar-refractivity contribution < 1.29 is 38.3 Å². The van der Waals surface area contributed by atoms with E-state index in [0.717, 1.165) is 0 Å². The Morgan fingerprint density at radius 2 is 2.35 bits per heavy atom. The molecule has 1 aromatic carbocycles. The maximum Gasteiger partial charge on any atom is 0.161 e. The van der Waals surface area contributed by atoms with E-state index < -0.39 is 98.3 Å². The maximum atomic E-state index is 8.81. The van der Waals surface area contributed by atoms with Crippen molar-refractivity contribution in [2.24, 2.45) is 0 Å². The van der Waals surface area contributed by atoms with Crippen LogP contribution in [0.1, 0.15) is 70.7 Å². The first-order valence-corrected chi connectivity index (χ1v) is 5.37. The highest BCUT2D eigenvalue weighted by atomic mass is 16.5. The van der Waals surface area contributed by atoms with Crippen molar-refractivity contribution >= 4 is 0 Å². The number of rotatable bonds is 4. The van der Waals surface area contributed by atoms with Gasteiger partial charge in [0.2, 0.25) is 0 Å². The molecule has 1 atom stereocenters. The van der Waals surface area contributed by atoms with E-state index in [1.807, 2.05) is 0 Å². The third-order valence-electron chi connectivity index (χ3n) is 2.29. The Kier molecular flexibility index (Phi) is 0.934. The molecule has 3 rings (SSSR count). The van der Waals surface area contributed by atoms with Gasteiger partial charge in [-0.25, -0.2) is 0 Å². The molecule has 108 valence electrons. The van der Waals surface area contributed by atoms with Gasteiger partial charge in [0, 0.05) is 35.9 Å². The molecule has 0 amide bonds. The number of nitrogens with one attached hydrogen (secondary N) is 1. The van der Waals surface area contributed by atoms with Gasteiger partial charge in [-0.2, -0.15) is 0 Å². The molecule has 20 heavy (non-hydrogen) atoms. The molecule has 2 fully saturated rings. The molecule has 1 N–H and O–H groups in total. The van der Waals surface area contributed by atoms with E-state index in [9.17, 15) is 0 Å². The standard InChI is InChI=1S/C17H23NO2/c1-12-9-14(11-18-12)13-7-8-16(19-2)17(10-13)20-15-5-3-4-6-15/h7-8,10,14-15,18H,1,3-6,9,11H2,2H3/i2D3,3D2,4D2,5D2,6D2,7D,8D,9D2,10D,11D2,14D,15D/hD. The van der Waals surface area contributed by atoms with Crippen molar-refractivity contribution in [3.63, 3.8) is 0 Å². The number of hydrogen-bond acceptors (Lipinski definition) is 3. The number of benzene rings is 1. The van der Waals surface area contributed by atoms with Crippen LogP contribution in [0.5, 0.6) is 11.5 Å². The topological polar surface area (TPSA) is 30.5 Å². The zero-order chi connectivity index (χ0) is 32.5. The summed E-state index contributed by atoms with van der Waals surface area (Å²) in [5, 5.41) is -0.154. The lowest BCUT2D eigenvalue weighted by atomic mass is 9.97. The van der Waals surface area contributed by atoms with Crippen LogP contribution in [0.25, 0.3) is 0 Å². The summed E-state index contributed by atoms with van der Waals surface area (Å²) in [5.41, 5.74) is -2.36. The van der Waals surface area contributed by atoms with E-state index in [4.69, 9.17) is 33.6 Å². The van der Waals surface area contributed by atoms with Gasteiger partial charge >= 0.3 is 0 Å². The van der Waals surface area contributed by atoms with Gasteiger partial charge in [-0.15, -0.1) is 0 Å². The molecule has 1 saturated heterocycles. The Morgan fingerprint density at radius 3 is 3.05 bits per heavy atom. The fourth-order valence-electron chi connectivity index (χ4n) is 1.45. The van der Waals surface area contributed by atoms with Crippen molar-refractivity contribution in [3.8, 4) is 11.5 Å². The number of hydrogen-bond donors (Lipinski definition) is 1. The zero-order valence-corrected chi connectivity index (χ0v) is 9.97. The van der Waals surface area contributed by atoms with Crippen LogP contribution in [0.15, 0.2) is 30.4 Å². The van der Waals surface area contributed by atoms with Gasteiger partial charge < -0.3 is 14.8 Å². The van der Waals surface area contributed by atoms with Gasteiger partial charge in [-0.1, -0.05) is 12.6 Å². The minimum Gasteiger partial charge on any atom is -0.493 e. The van der Waals surface area contributed by atoms with Crippen LogP contribution in [-0.4, -0.2) is 19.6 Å². The molecule has 0 aromatic heterocycles. The van der Waals surface area contributed by atoms with Gasteiger partial charge in [0.15, 0.2) is 12.9 Å². The van der Waals surface area contributed by atoms with E-state index in [-0.39, 0.29) is 5.31 Å². The fourth-order valence-corrected chi connectivity index (χ4v) is 1.45. The molecule has 0 bridgehead atoms. The van der Waals surface area contributed by atoms with Gasteiger partial charge in [0.1, 0.15) is 0 Å². The molecule has 1 aliphatic carbocycles. The highest BCUT2D eigenvalue weighted by Gasteiger charge is 2.22. The summed E-state index contributed by atoms with van der Waals surface area (Å²) in [6.45, 7) is -0.229. The van der Waals surface area contributed by atoms with E-state index in [1.165, 1.54) is 0 Å². The molecule has 1 aliphatic heterocycles. The van der Waals surface area contributed by atoms with Gasteiger partial charge in [0.25, 0.3) is 0 Å². The quantitative estimate of drug-likeness (QED) is 0.920. The van der Waals surface area contributed by atoms with Crippen molar-refractivity contribution in [3.05, 3.63) is 36.0 Å². The second kappa shape index (κ2) is 5.78. The third-order valence-corrected chi connectivity index (χ3v) is 2.29. The SMILES string of the molecule is [2H]c1c([2H])c(C2([2H])C([2H])([2H])C(=C)N([2H])C2([2H])[2H])c([2H])c(OC2([2H])C([2H])([2H])C([2H])([2H])C([2H])([2H])C2([2H])[2H])c1OC([2H])([2H])[2H]. The van der Waals surface area contributed by atoms with E-state index in [2.05, 4.69) is 11.3 Å². The summed E-state index contributed by atoms with van der Waals surface area (Å²) in [6.07, 6.45) is -22.9. The predicted octanol–water partition coefficient (Wildman–Crippen LogP) is 3.61. The Bertz CT molecular complexity index is 1280. The summed E-state index contributed by atoms with van der Waals surface area (Å²) in [5.74, 6) is -6.61. The minimum atomic E-state index is -4.04. The first-order chi connectivity index (χ1) is 17.9. The lowest BCUT2D eigenvalue weighted by Crippen LogP contribution is -2.12. The summed E-state index contributed by atoms with van der Waals surface area (Å²) >= 11 is 0. The second-order valence-corrected chi connectivity index (χ2v) is 3.61. The Balaban J connectivity index is 2.52. The molecule has 0 spiro atoms. The minimum absolute atomic E-state index is 0.154. The second-order valence-electron chi connectivity index (χ2n) is 3.61. The molecule has 1 aromatic rings. The lowest BCUT2D eigenvalue weighted by Gasteiger charge is -2.18. The molecule has 3 nitrogen and oxygen atoms in total. The van der Waals surface area contributed by atoms with Crippen molar-refractivity contribution in [2.45, 2.75) is 43.8 Å². The van der Waals surface area contributed by atoms with E-state index in [0.29, 0.717) is 0 Å². The van der Waals surface area contributed by atoms with Crippen LogP contribution < -0.4 is 14.8 Å². The normalized spacial score (nSPS) is 59.7. The summed E-state index contributed by atoms with van der Waals surface area (Å²) < 4.78 is 180. The molecule has 1 unspecified atom stereocenters. The largest absolute Gasteiger partial charge is 0.493 e. The Hall–Kier alpha value is -1.64. The highest BCUT2D eigenvalue weighted by molar-refractivity contribution is 5.45. The Morgan fingerprint density at radius 1 is 1.50 bits per heavy atom. The Labute approximate surface area is 150 Å². The summed E-state index contributed by atoms with van der Waals surface area (Å²) in [4.78, 5) is 0. The molecular formula is C17H23NO2.